The van der Waals surface area contributed by atoms with Crippen LogP contribution >= 0.6 is 11.3 Å². The zero-order valence-corrected chi connectivity index (χ0v) is 13.9. The Balaban J connectivity index is 1.46. The highest BCUT2D eigenvalue weighted by atomic mass is 32.1. The average molecular weight is 327 g/mol. The number of carbonyl (C=O) groups excluding carboxylic acids is 1. The Bertz CT molecular complexity index is 761. The molecule has 0 atom stereocenters. The van der Waals surface area contributed by atoms with Gasteiger partial charge in [0.2, 0.25) is 0 Å². The molecule has 4 aliphatic rings. The predicted octanol–water partition coefficient (Wildman–Crippen LogP) is 3.58. The number of rotatable bonds is 2. The van der Waals surface area contributed by atoms with Crippen molar-refractivity contribution in [1.29, 1.82) is 0 Å². The third kappa shape index (κ3) is 2.09. The van der Waals surface area contributed by atoms with Gasteiger partial charge in [0.1, 0.15) is 9.71 Å². The summed E-state index contributed by atoms with van der Waals surface area (Å²) in [5.41, 5.74) is 6.83. The number of hydrogen-bond donors (Lipinski definition) is 2. The molecule has 120 valence electrons. The topological polar surface area (TPSA) is 68.0 Å². The Kier molecular flexibility index (Phi) is 2.81. The van der Waals surface area contributed by atoms with Crippen molar-refractivity contribution in [1.82, 2.24) is 10.3 Å². The molecule has 6 rings (SSSR count). The molecule has 4 saturated carbocycles. The van der Waals surface area contributed by atoms with Gasteiger partial charge in [-0.15, -0.1) is 11.3 Å². The van der Waals surface area contributed by atoms with Gasteiger partial charge < -0.3 is 11.1 Å². The SMILES string of the molecule is Nc1c(C(=O)NC23CC4CC(CC(C4)C2)C3)sc2ncccc12. The third-order valence-electron chi connectivity index (χ3n) is 6.13. The molecule has 0 aliphatic heterocycles. The van der Waals surface area contributed by atoms with Gasteiger partial charge in [0.05, 0.1) is 5.69 Å². The van der Waals surface area contributed by atoms with Crippen molar-refractivity contribution < 1.29 is 4.79 Å². The first kappa shape index (κ1) is 13.8. The quantitative estimate of drug-likeness (QED) is 0.886. The molecular formula is C18H21N3OS. The van der Waals surface area contributed by atoms with Gasteiger partial charge in [-0.3, -0.25) is 4.79 Å². The minimum atomic E-state index is 0.00690. The maximum atomic E-state index is 12.9. The summed E-state index contributed by atoms with van der Waals surface area (Å²) >= 11 is 1.41. The standard InChI is InChI=1S/C18H21N3OS/c19-14-13-2-1-3-20-17(13)23-15(14)16(22)21-18-7-10-4-11(8-18)6-12(5-10)9-18/h1-3,10-12H,4-9,19H2,(H,21,22). The fraction of sp³-hybridized carbons (Fsp3) is 0.556. The smallest absolute Gasteiger partial charge is 0.264 e. The van der Waals surface area contributed by atoms with Gasteiger partial charge in [-0.05, 0) is 68.4 Å². The molecule has 2 aromatic rings. The van der Waals surface area contributed by atoms with Crippen LogP contribution in [0, 0.1) is 17.8 Å². The van der Waals surface area contributed by atoms with Crippen LogP contribution in [0.5, 0.6) is 0 Å². The van der Waals surface area contributed by atoms with Gasteiger partial charge in [0.25, 0.3) is 5.91 Å². The van der Waals surface area contributed by atoms with Crippen LogP contribution in [0.1, 0.15) is 48.2 Å². The molecule has 4 fully saturated rings. The number of nitrogens with two attached hydrogens (primary N) is 1. The van der Waals surface area contributed by atoms with Crippen LogP contribution in [0.3, 0.4) is 0 Å². The number of nitrogens with one attached hydrogen (secondary N) is 1. The lowest BCUT2D eigenvalue weighted by Crippen LogP contribution is -2.59. The van der Waals surface area contributed by atoms with Crippen LogP contribution in [0.4, 0.5) is 5.69 Å². The van der Waals surface area contributed by atoms with Crippen molar-refractivity contribution in [2.45, 2.75) is 44.1 Å². The number of thiophene rings is 1. The van der Waals surface area contributed by atoms with Gasteiger partial charge in [-0.2, -0.15) is 0 Å². The van der Waals surface area contributed by atoms with Gasteiger partial charge >= 0.3 is 0 Å². The number of anilines is 1. The van der Waals surface area contributed by atoms with Crippen LogP contribution < -0.4 is 11.1 Å². The van der Waals surface area contributed by atoms with E-state index in [-0.39, 0.29) is 11.4 Å². The molecule has 4 nitrogen and oxygen atoms in total. The molecule has 0 aromatic carbocycles. The van der Waals surface area contributed by atoms with E-state index < -0.39 is 0 Å². The summed E-state index contributed by atoms with van der Waals surface area (Å²) in [6.45, 7) is 0. The second-order valence-corrected chi connectivity index (χ2v) is 8.85. The molecule has 3 N–H and O–H groups in total. The summed E-state index contributed by atoms with van der Waals surface area (Å²) in [5, 5.41) is 4.30. The Hall–Kier alpha value is -1.62. The predicted molar refractivity (Wildman–Crippen MR) is 92.4 cm³/mol. The van der Waals surface area contributed by atoms with E-state index in [1.807, 2.05) is 12.1 Å². The largest absolute Gasteiger partial charge is 0.397 e. The van der Waals surface area contributed by atoms with E-state index in [1.54, 1.807) is 6.20 Å². The molecule has 23 heavy (non-hydrogen) atoms. The average Bonchev–Trinajstić information content (AvgIpc) is 2.83. The van der Waals surface area contributed by atoms with E-state index >= 15 is 0 Å². The van der Waals surface area contributed by atoms with E-state index in [2.05, 4.69) is 10.3 Å². The normalized spacial score (nSPS) is 34.9. The second kappa shape index (κ2) is 4.69. The Labute approximate surface area is 139 Å². The van der Waals surface area contributed by atoms with Crippen molar-refractivity contribution >= 4 is 33.1 Å². The molecule has 0 spiro atoms. The van der Waals surface area contributed by atoms with Crippen LogP contribution in [-0.2, 0) is 0 Å². The Morgan fingerprint density at radius 1 is 1.22 bits per heavy atom. The third-order valence-corrected chi connectivity index (χ3v) is 7.26. The van der Waals surface area contributed by atoms with Gasteiger partial charge in [0.15, 0.2) is 0 Å². The van der Waals surface area contributed by atoms with Gasteiger partial charge in [0, 0.05) is 17.1 Å². The fourth-order valence-electron chi connectivity index (χ4n) is 5.68. The summed E-state index contributed by atoms with van der Waals surface area (Å²) in [4.78, 5) is 18.7. The summed E-state index contributed by atoms with van der Waals surface area (Å²) < 4.78 is 0. The Morgan fingerprint density at radius 3 is 2.48 bits per heavy atom. The molecular weight excluding hydrogens is 306 g/mol. The zero-order chi connectivity index (χ0) is 15.6. The molecule has 5 heteroatoms. The molecule has 2 aromatic heterocycles. The summed E-state index contributed by atoms with van der Waals surface area (Å²) in [6.07, 6.45) is 9.37. The molecule has 1 amide bonds. The first-order chi connectivity index (χ1) is 11.1. The maximum Gasteiger partial charge on any atom is 0.264 e. The van der Waals surface area contributed by atoms with Crippen molar-refractivity contribution in [3.05, 3.63) is 23.2 Å². The number of nitrogen functional groups attached to an aromatic ring is 1. The van der Waals surface area contributed by atoms with Crippen LogP contribution in [0.15, 0.2) is 18.3 Å². The number of aromatic nitrogens is 1. The fourth-order valence-corrected chi connectivity index (χ4v) is 6.64. The minimum absolute atomic E-state index is 0.00690. The van der Waals surface area contributed by atoms with Gasteiger partial charge in [-0.25, -0.2) is 4.98 Å². The number of fused-ring (bicyclic) bond motifs is 1. The van der Waals surface area contributed by atoms with E-state index in [4.69, 9.17) is 5.73 Å². The maximum absolute atomic E-state index is 12.9. The summed E-state index contributed by atoms with van der Waals surface area (Å²) in [6, 6.07) is 3.81. The second-order valence-electron chi connectivity index (χ2n) is 7.85. The van der Waals surface area contributed by atoms with Crippen LogP contribution in [0.2, 0.25) is 0 Å². The Morgan fingerprint density at radius 2 is 1.87 bits per heavy atom. The number of hydrogen-bond acceptors (Lipinski definition) is 4. The molecule has 0 saturated heterocycles. The first-order valence-corrected chi connectivity index (χ1v) is 9.39. The lowest BCUT2D eigenvalue weighted by Gasteiger charge is -2.56. The lowest BCUT2D eigenvalue weighted by atomic mass is 9.53. The molecule has 0 radical (unpaired) electrons. The van der Waals surface area contributed by atoms with E-state index in [0.29, 0.717) is 10.6 Å². The zero-order valence-electron chi connectivity index (χ0n) is 13.0. The highest BCUT2D eigenvalue weighted by Crippen LogP contribution is 2.55. The molecule has 2 heterocycles. The van der Waals surface area contributed by atoms with Crippen LogP contribution in [0.25, 0.3) is 10.2 Å². The van der Waals surface area contributed by atoms with Crippen molar-refractivity contribution in [2.75, 3.05) is 5.73 Å². The van der Waals surface area contributed by atoms with E-state index in [9.17, 15) is 4.79 Å². The van der Waals surface area contributed by atoms with Crippen molar-refractivity contribution in [2.24, 2.45) is 17.8 Å². The van der Waals surface area contributed by atoms with Gasteiger partial charge in [-0.1, -0.05) is 0 Å². The molecule has 0 unspecified atom stereocenters. The lowest BCUT2D eigenvalue weighted by molar-refractivity contribution is -0.0166. The molecule has 4 aliphatic carbocycles. The highest BCUT2D eigenvalue weighted by molar-refractivity contribution is 7.21. The van der Waals surface area contributed by atoms with E-state index in [1.165, 1.54) is 30.6 Å². The number of carbonyl (C=O) groups is 1. The number of amides is 1. The van der Waals surface area contributed by atoms with E-state index in [0.717, 1.165) is 47.2 Å². The first-order valence-electron chi connectivity index (χ1n) is 8.57. The molecule has 4 bridgehead atoms. The summed E-state index contributed by atoms with van der Waals surface area (Å²) in [7, 11) is 0. The van der Waals surface area contributed by atoms with Crippen molar-refractivity contribution in [3.63, 3.8) is 0 Å². The van der Waals surface area contributed by atoms with Crippen LogP contribution in [-0.4, -0.2) is 16.4 Å². The number of pyridine rings is 1. The minimum Gasteiger partial charge on any atom is -0.397 e. The monoisotopic (exact) mass is 327 g/mol. The summed E-state index contributed by atoms with van der Waals surface area (Å²) in [5.74, 6) is 2.47. The number of nitrogens with zero attached hydrogens (tertiary/aromatic N) is 1. The highest BCUT2D eigenvalue weighted by Gasteiger charge is 2.51. The van der Waals surface area contributed by atoms with Crippen molar-refractivity contribution in [3.8, 4) is 0 Å².